The number of carbonyl (C=O) groups excluding carboxylic acids is 2. The number of allylic oxidation sites excluding steroid dienone is 2. The van der Waals surface area contributed by atoms with Crippen LogP contribution in [0, 0.1) is 5.92 Å². The van der Waals surface area contributed by atoms with E-state index >= 15 is 0 Å². The van der Waals surface area contributed by atoms with Crippen LogP contribution in [0.3, 0.4) is 0 Å². The van der Waals surface area contributed by atoms with Crippen LogP contribution in [0.25, 0.3) is 0 Å². The largest absolute Gasteiger partial charge is 0.468 e. The molecular formula is C16H18O3. The fraction of sp³-hybridized carbons (Fsp3) is 0.375. The quantitative estimate of drug-likeness (QED) is 0.474. The van der Waals surface area contributed by atoms with Gasteiger partial charge in [0.05, 0.1) is 7.11 Å². The Morgan fingerprint density at radius 2 is 2.11 bits per heavy atom. The molecule has 3 nitrogen and oxygen atoms in total. The van der Waals surface area contributed by atoms with Gasteiger partial charge in [0.2, 0.25) is 0 Å². The van der Waals surface area contributed by atoms with Crippen molar-refractivity contribution in [2.75, 3.05) is 7.11 Å². The first kappa shape index (κ1) is 13.5. The molecule has 0 bridgehead atoms. The number of rotatable bonds is 4. The summed E-state index contributed by atoms with van der Waals surface area (Å²) in [6.07, 6.45) is 4.99. The average molecular weight is 258 g/mol. The number of methoxy groups -OCH3 is 1. The summed E-state index contributed by atoms with van der Waals surface area (Å²) in [7, 11) is 1.33. The van der Waals surface area contributed by atoms with Crippen LogP contribution in [-0.4, -0.2) is 18.9 Å². The fourth-order valence-electron chi connectivity index (χ4n) is 2.41. The van der Waals surface area contributed by atoms with E-state index in [0.717, 1.165) is 18.4 Å². The van der Waals surface area contributed by atoms with E-state index in [4.69, 9.17) is 0 Å². The Hall–Kier alpha value is -1.90. The minimum atomic E-state index is -0.576. The Morgan fingerprint density at radius 1 is 1.37 bits per heavy atom. The number of carbonyl (C=O) groups is 2. The molecule has 0 saturated heterocycles. The van der Waals surface area contributed by atoms with E-state index in [2.05, 4.69) is 16.9 Å². The van der Waals surface area contributed by atoms with Gasteiger partial charge in [0.1, 0.15) is 5.92 Å². The molecule has 1 atom stereocenters. The highest BCUT2D eigenvalue weighted by atomic mass is 16.5. The summed E-state index contributed by atoms with van der Waals surface area (Å²) < 4.78 is 4.64. The maximum atomic E-state index is 12.0. The Bertz CT molecular complexity index is 488. The summed E-state index contributed by atoms with van der Waals surface area (Å²) in [4.78, 5) is 23.4. The van der Waals surface area contributed by atoms with Crippen LogP contribution < -0.4 is 0 Å². The van der Waals surface area contributed by atoms with Gasteiger partial charge in [-0.05, 0) is 36.8 Å². The lowest BCUT2D eigenvalue weighted by Crippen LogP contribution is -2.20. The fourth-order valence-corrected chi connectivity index (χ4v) is 2.41. The smallest absolute Gasteiger partial charge is 0.316 e. The number of aryl methyl sites for hydroxylation is 1. The van der Waals surface area contributed by atoms with Crippen LogP contribution in [0.1, 0.15) is 24.8 Å². The van der Waals surface area contributed by atoms with Gasteiger partial charge in [-0.3, -0.25) is 9.59 Å². The number of ketones is 1. The van der Waals surface area contributed by atoms with Crippen molar-refractivity contribution >= 4 is 11.8 Å². The molecule has 19 heavy (non-hydrogen) atoms. The molecule has 2 rings (SSSR count). The SMILES string of the molecule is COC(=O)C1CCC(=CCCc2ccccc2)C1=O. The summed E-state index contributed by atoms with van der Waals surface area (Å²) in [6.45, 7) is 0. The van der Waals surface area contributed by atoms with Gasteiger partial charge in [0, 0.05) is 0 Å². The van der Waals surface area contributed by atoms with Crippen LogP contribution in [0.2, 0.25) is 0 Å². The second-order valence-corrected chi connectivity index (χ2v) is 4.73. The van der Waals surface area contributed by atoms with E-state index < -0.39 is 11.9 Å². The van der Waals surface area contributed by atoms with E-state index in [-0.39, 0.29) is 5.78 Å². The van der Waals surface area contributed by atoms with Crippen molar-refractivity contribution in [2.24, 2.45) is 5.92 Å². The molecule has 0 spiro atoms. The standard InChI is InChI=1S/C16H18O3/c1-19-16(18)14-11-10-13(15(14)17)9-5-8-12-6-3-2-4-7-12/h2-4,6-7,9,14H,5,8,10-11H2,1H3. The summed E-state index contributed by atoms with van der Waals surface area (Å²) >= 11 is 0. The van der Waals surface area contributed by atoms with Crippen LogP contribution >= 0.6 is 0 Å². The summed E-state index contributed by atoms with van der Waals surface area (Å²) in [5.41, 5.74) is 2.04. The van der Waals surface area contributed by atoms with E-state index in [1.165, 1.54) is 12.7 Å². The maximum absolute atomic E-state index is 12.0. The molecule has 1 fully saturated rings. The van der Waals surface area contributed by atoms with Gasteiger partial charge in [-0.25, -0.2) is 0 Å². The highest BCUT2D eigenvalue weighted by molar-refractivity contribution is 6.10. The van der Waals surface area contributed by atoms with Gasteiger partial charge in [-0.15, -0.1) is 0 Å². The first-order valence-electron chi connectivity index (χ1n) is 6.57. The van der Waals surface area contributed by atoms with Crippen molar-refractivity contribution in [3.8, 4) is 0 Å². The third-order valence-corrected chi connectivity index (χ3v) is 3.49. The summed E-state index contributed by atoms with van der Waals surface area (Å²) in [6, 6.07) is 10.2. The lowest BCUT2D eigenvalue weighted by Gasteiger charge is -2.03. The first-order chi connectivity index (χ1) is 9.22. The number of Topliss-reactive ketones (excluding diaryl/α,β-unsaturated/α-hetero) is 1. The molecule has 1 aromatic carbocycles. The first-order valence-corrected chi connectivity index (χ1v) is 6.57. The van der Waals surface area contributed by atoms with E-state index in [1.54, 1.807) is 0 Å². The molecule has 1 aliphatic carbocycles. The topological polar surface area (TPSA) is 43.4 Å². The van der Waals surface area contributed by atoms with Crippen molar-refractivity contribution in [2.45, 2.75) is 25.7 Å². The van der Waals surface area contributed by atoms with Gasteiger partial charge in [0.15, 0.2) is 5.78 Å². The van der Waals surface area contributed by atoms with Crippen LogP contribution in [0.15, 0.2) is 42.0 Å². The number of hydrogen-bond acceptors (Lipinski definition) is 3. The van der Waals surface area contributed by atoms with Crippen molar-refractivity contribution in [1.29, 1.82) is 0 Å². The molecular weight excluding hydrogens is 240 g/mol. The molecule has 0 aliphatic heterocycles. The van der Waals surface area contributed by atoms with Crippen molar-refractivity contribution in [1.82, 2.24) is 0 Å². The van der Waals surface area contributed by atoms with Gasteiger partial charge >= 0.3 is 5.97 Å². The van der Waals surface area contributed by atoms with E-state index in [0.29, 0.717) is 12.8 Å². The van der Waals surface area contributed by atoms with Crippen molar-refractivity contribution < 1.29 is 14.3 Å². The summed E-state index contributed by atoms with van der Waals surface area (Å²) in [5.74, 6) is -1.04. The van der Waals surface area contributed by atoms with Gasteiger partial charge in [-0.2, -0.15) is 0 Å². The van der Waals surface area contributed by atoms with Crippen LogP contribution in [0.4, 0.5) is 0 Å². The molecule has 0 radical (unpaired) electrons. The molecule has 0 N–H and O–H groups in total. The Kier molecular flexibility index (Phi) is 4.50. The molecule has 0 amide bonds. The number of ether oxygens (including phenoxy) is 1. The minimum absolute atomic E-state index is 0.0556. The highest BCUT2D eigenvalue weighted by Gasteiger charge is 2.35. The second kappa shape index (κ2) is 6.32. The zero-order chi connectivity index (χ0) is 13.7. The van der Waals surface area contributed by atoms with Gasteiger partial charge in [-0.1, -0.05) is 36.4 Å². The molecule has 1 saturated carbocycles. The molecule has 1 unspecified atom stereocenters. The Balaban J connectivity index is 1.91. The zero-order valence-corrected chi connectivity index (χ0v) is 11.1. The third-order valence-electron chi connectivity index (χ3n) is 3.49. The Labute approximate surface area is 113 Å². The van der Waals surface area contributed by atoms with Crippen molar-refractivity contribution in [3.05, 3.63) is 47.5 Å². The molecule has 3 heteroatoms. The van der Waals surface area contributed by atoms with Crippen LogP contribution in [-0.2, 0) is 20.7 Å². The van der Waals surface area contributed by atoms with Gasteiger partial charge < -0.3 is 4.74 Å². The highest BCUT2D eigenvalue weighted by Crippen LogP contribution is 2.28. The number of benzene rings is 1. The van der Waals surface area contributed by atoms with E-state index in [9.17, 15) is 9.59 Å². The lowest BCUT2D eigenvalue weighted by atomic mass is 10.0. The molecule has 1 aliphatic rings. The molecule has 0 heterocycles. The van der Waals surface area contributed by atoms with E-state index in [1.807, 2.05) is 24.3 Å². The normalized spacial score (nSPS) is 20.8. The lowest BCUT2D eigenvalue weighted by molar-refractivity contribution is -0.147. The Morgan fingerprint density at radius 3 is 2.79 bits per heavy atom. The van der Waals surface area contributed by atoms with Gasteiger partial charge in [0.25, 0.3) is 0 Å². The minimum Gasteiger partial charge on any atom is -0.468 e. The molecule has 0 aromatic heterocycles. The zero-order valence-electron chi connectivity index (χ0n) is 11.1. The van der Waals surface area contributed by atoms with Crippen LogP contribution in [0.5, 0.6) is 0 Å². The molecule has 1 aromatic rings. The second-order valence-electron chi connectivity index (χ2n) is 4.73. The number of esters is 1. The predicted molar refractivity (Wildman–Crippen MR) is 72.6 cm³/mol. The molecule has 100 valence electrons. The number of hydrogen-bond donors (Lipinski definition) is 0. The predicted octanol–water partition coefficient (Wildman–Crippen LogP) is 2.70. The monoisotopic (exact) mass is 258 g/mol. The summed E-state index contributed by atoms with van der Waals surface area (Å²) in [5, 5.41) is 0. The van der Waals surface area contributed by atoms with Crippen molar-refractivity contribution in [3.63, 3.8) is 0 Å². The third kappa shape index (κ3) is 3.31. The maximum Gasteiger partial charge on any atom is 0.316 e. The average Bonchev–Trinajstić information content (AvgIpc) is 2.81.